The number of hydrogen-bond acceptors (Lipinski definition) is 3. The maximum absolute atomic E-state index is 12.9. The number of aliphatic hydroxyl groups excluding tert-OH is 1. The topological polar surface area (TPSA) is 49.8 Å². The molecule has 1 aliphatic rings. The largest absolute Gasteiger partial charge is 0.482 e. The molecular formula is C15H19ClFNO3. The van der Waals surface area contributed by atoms with Gasteiger partial charge >= 0.3 is 0 Å². The number of carbonyl (C=O) groups excluding carboxylic acids is 1. The standard InChI is InChI=1S/C15H19ClFNO3/c1-18(12-4-2-3-5-13(12)19)15(20)9-21-14-7-6-10(17)8-11(14)16/h6-8,12-13,19H,2-5,9H2,1H3. The molecule has 2 unspecified atom stereocenters. The Labute approximate surface area is 128 Å². The lowest BCUT2D eigenvalue weighted by Crippen LogP contribution is -2.47. The summed E-state index contributed by atoms with van der Waals surface area (Å²) in [6, 6.07) is 3.58. The van der Waals surface area contributed by atoms with Crippen LogP contribution in [-0.2, 0) is 4.79 Å². The van der Waals surface area contributed by atoms with Gasteiger partial charge in [0.05, 0.1) is 17.2 Å². The average molecular weight is 316 g/mol. The summed E-state index contributed by atoms with van der Waals surface area (Å²) in [7, 11) is 1.66. The second-order valence-electron chi connectivity index (χ2n) is 5.29. The van der Waals surface area contributed by atoms with Crippen molar-refractivity contribution in [3.05, 3.63) is 29.0 Å². The molecule has 0 saturated heterocycles. The van der Waals surface area contributed by atoms with E-state index in [1.165, 1.54) is 17.0 Å². The molecule has 0 spiro atoms. The molecule has 6 heteroatoms. The zero-order valence-electron chi connectivity index (χ0n) is 11.9. The van der Waals surface area contributed by atoms with E-state index in [0.717, 1.165) is 25.3 Å². The molecule has 1 aromatic rings. The molecule has 0 radical (unpaired) electrons. The second kappa shape index (κ2) is 7.09. The van der Waals surface area contributed by atoms with Crippen molar-refractivity contribution in [1.82, 2.24) is 4.90 Å². The minimum absolute atomic E-state index is 0.128. The Kier molecular flexibility index (Phi) is 5.42. The van der Waals surface area contributed by atoms with Crippen molar-refractivity contribution in [1.29, 1.82) is 0 Å². The number of rotatable bonds is 4. The first-order valence-corrected chi connectivity index (χ1v) is 7.38. The van der Waals surface area contributed by atoms with Gasteiger partial charge in [-0.1, -0.05) is 24.4 Å². The van der Waals surface area contributed by atoms with E-state index in [-0.39, 0.29) is 29.3 Å². The summed E-state index contributed by atoms with van der Waals surface area (Å²) in [5, 5.41) is 10.1. The predicted octanol–water partition coefficient (Wildman–Crippen LogP) is 2.62. The Morgan fingerprint density at radius 2 is 2.19 bits per heavy atom. The summed E-state index contributed by atoms with van der Waals surface area (Å²) in [6.45, 7) is -0.189. The van der Waals surface area contributed by atoms with Gasteiger partial charge < -0.3 is 14.7 Å². The summed E-state index contributed by atoms with van der Waals surface area (Å²) in [5.41, 5.74) is 0. The molecule has 2 atom stereocenters. The molecular weight excluding hydrogens is 297 g/mol. The van der Waals surface area contributed by atoms with Crippen LogP contribution in [-0.4, -0.2) is 41.7 Å². The molecule has 1 N–H and O–H groups in total. The summed E-state index contributed by atoms with van der Waals surface area (Å²) in [4.78, 5) is 13.6. The second-order valence-corrected chi connectivity index (χ2v) is 5.69. The molecule has 0 aliphatic heterocycles. The molecule has 0 heterocycles. The minimum Gasteiger partial charge on any atom is -0.482 e. The van der Waals surface area contributed by atoms with Gasteiger partial charge in [0.1, 0.15) is 11.6 Å². The van der Waals surface area contributed by atoms with Gasteiger partial charge in [-0.2, -0.15) is 0 Å². The van der Waals surface area contributed by atoms with E-state index >= 15 is 0 Å². The van der Waals surface area contributed by atoms with E-state index in [0.29, 0.717) is 6.42 Å². The van der Waals surface area contributed by atoms with Crippen molar-refractivity contribution in [3.8, 4) is 5.75 Å². The van der Waals surface area contributed by atoms with Crippen LogP contribution in [0.5, 0.6) is 5.75 Å². The molecule has 1 aromatic carbocycles. The van der Waals surface area contributed by atoms with Crippen molar-refractivity contribution in [2.75, 3.05) is 13.7 Å². The molecule has 4 nitrogen and oxygen atoms in total. The third-order valence-corrected chi connectivity index (χ3v) is 4.13. The van der Waals surface area contributed by atoms with E-state index < -0.39 is 11.9 Å². The van der Waals surface area contributed by atoms with Crippen LogP contribution >= 0.6 is 11.6 Å². The summed E-state index contributed by atoms with van der Waals surface area (Å²) in [5.74, 6) is -0.425. The van der Waals surface area contributed by atoms with Crippen molar-refractivity contribution in [2.45, 2.75) is 37.8 Å². The molecule has 0 aromatic heterocycles. The van der Waals surface area contributed by atoms with Gasteiger partial charge in [0, 0.05) is 7.05 Å². The number of carbonyl (C=O) groups is 1. The van der Waals surface area contributed by atoms with Crippen LogP contribution in [0.3, 0.4) is 0 Å². The highest BCUT2D eigenvalue weighted by molar-refractivity contribution is 6.32. The first-order chi connectivity index (χ1) is 9.99. The molecule has 2 rings (SSSR count). The minimum atomic E-state index is -0.484. The van der Waals surface area contributed by atoms with Crippen LogP contribution in [0.1, 0.15) is 25.7 Å². The van der Waals surface area contributed by atoms with Gasteiger partial charge in [-0.05, 0) is 31.0 Å². The number of ether oxygens (including phenoxy) is 1. The average Bonchev–Trinajstić information content (AvgIpc) is 2.46. The number of hydrogen-bond donors (Lipinski definition) is 1. The van der Waals surface area contributed by atoms with E-state index in [1.807, 2.05) is 0 Å². The summed E-state index contributed by atoms with van der Waals surface area (Å²) < 4.78 is 18.2. The summed E-state index contributed by atoms with van der Waals surface area (Å²) >= 11 is 5.83. The fourth-order valence-electron chi connectivity index (χ4n) is 2.56. The SMILES string of the molecule is CN(C(=O)COc1ccc(F)cc1Cl)C1CCCCC1O. The highest BCUT2D eigenvalue weighted by Crippen LogP contribution is 2.25. The van der Waals surface area contributed by atoms with Crippen LogP contribution in [0, 0.1) is 5.82 Å². The first kappa shape index (κ1) is 16.0. The fourth-order valence-corrected chi connectivity index (χ4v) is 2.78. The molecule has 116 valence electrons. The van der Waals surface area contributed by atoms with Gasteiger partial charge in [-0.25, -0.2) is 4.39 Å². The van der Waals surface area contributed by atoms with Gasteiger partial charge in [0.2, 0.25) is 0 Å². The van der Waals surface area contributed by atoms with Crippen molar-refractivity contribution in [3.63, 3.8) is 0 Å². The van der Waals surface area contributed by atoms with Gasteiger partial charge in [0.15, 0.2) is 6.61 Å². The van der Waals surface area contributed by atoms with E-state index in [9.17, 15) is 14.3 Å². The molecule has 1 aliphatic carbocycles. The smallest absolute Gasteiger partial charge is 0.260 e. The molecule has 1 fully saturated rings. The maximum Gasteiger partial charge on any atom is 0.260 e. The number of likely N-dealkylation sites (N-methyl/N-ethyl adjacent to an activating group) is 1. The highest BCUT2D eigenvalue weighted by Gasteiger charge is 2.29. The first-order valence-electron chi connectivity index (χ1n) is 7.00. The van der Waals surface area contributed by atoms with Crippen LogP contribution < -0.4 is 4.74 Å². The van der Waals surface area contributed by atoms with Crippen LogP contribution in [0.4, 0.5) is 4.39 Å². The van der Waals surface area contributed by atoms with E-state index in [4.69, 9.17) is 16.3 Å². The van der Waals surface area contributed by atoms with Gasteiger partial charge in [-0.3, -0.25) is 4.79 Å². The third-order valence-electron chi connectivity index (χ3n) is 3.83. The van der Waals surface area contributed by atoms with Crippen LogP contribution in [0.15, 0.2) is 18.2 Å². The number of aliphatic hydroxyl groups is 1. The molecule has 21 heavy (non-hydrogen) atoms. The Morgan fingerprint density at radius 3 is 2.86 bits per heavy atom. The van der Waals surface area contributed by atoms with Crippen LogP contribution in [0.2, 0.25) is 5.02 Å². The van der Waals surface area contributed by atoms with Crippen molar-refractivity contribution < 1.29 is 19.0 Å². The Balaban J connectivity index is 1.91. The molecule has 1 amide bonds. The summed E-state index contributed by atoms with van der Waals surface area (Å²) in [6.07, 6.45) is 3.01. The number of halogens is 2. The van der Waals surface area contributed by atoms with Crippen LogP contribution in [0.25, 0.3) is 0 Å². The van der Waals surface area contributed by atoms with E-state index in [2.05, 4.69) is 0 Å². The maximum atomic E-state index is 12.9. The highest BCUT2D eigenvalue weighted by atomic mass is 35.5. The number of benzene rings is 1. The lowest BCUT2D eigenvalue weighted by atomic mass is 9.91. The quantitative estimate of drug-likeness (QED) is 0.929. The molecule has 0 bridgehead atoms. The third kappa shape index (κ3) is 4.08. The predicted molar refractivity (Wildman–Crippen MR) is 77.9 cm³/mol. The Hall–Kier alpha value is -1.33. The van der Waals surface area contributed by atoms with E-state index in [1.54, 1.807) is 7.05 Å². The lowest BCUT2D eigenvalue weighted by molar-refractivity contribution is -0.137. The van der Waals surface area contributed by atoms with Gasteiger partial charge in [-0.15, -0.1) is 0 Å². The normalized spacial score (nSPS) is 21.9. The lowest BCUT2D eigenvalue weighted by Gasteiger charge is -2.35. The Bertz CT molecular complexity index is 512. The van der Waals surface area contributed by atoms with Crippen molar-refractivity contribution in [2.24, 2.45) is 0 Å². The van der Waals surface area contributed by atoms with Crippen molar-refractivity contribution >= 4 is 17.5 Å². The number of amides is 1. The zero-order chi connectivity index (χ0) is 15.4. The monoisotopic (exact) mass is 315 g/mol. The molecule has 1 saturated carbocycles. The fraction of sp³-hybridized carbons (Fsp3) is 0.533. The van der Waals surface area contributed by atoms with Gasteiger partial charge in [0.25, 0.3) is 5.91 Å². The number of nitrogens with zero attached hydrogens (tertiary/aromatic N) is 1. The Morgan fingerprint density at radius 1 is 1.48 bits per heavy atom. The zero-order valence-corrected chi connectivity index (χ0v) is 12.6.